The van der Waals surface area contributed by atoms with Gasteiger partial charge in [0.25, 0.3) is 5.91 Å². The Morgan fingerprint density at radius 1 is 1.25 bits per heavy atom. The zero-order chi connectivity index (χ0) is 13.7. The van der Waals surface area contributed by atoms with Crippen LogP contribution in [0.15, 0.2) is 42.4 Å². The highest BCUT2D eigenvalue weighted by atomic mass is 32.1. The molecule has 0 bridgehead atoms. The molecular formula is C15H11N3OS. The molecule has 0 radical (unpaired) electrons. The summed E-state index contributed by atoms with van der Waals surface area (Å²) in [7, 11) is 0. The molecule has 1 aromatic carbocycles. The SMILES string of the molecule is CC1=CNc2c(sc3ccc4ncccc4c23)C(=O)N1. The van der Waals surface area contributed by atoms with Gasteiger partial charge in [0.2, 0.25) is 0 Å². The number of carbonyl (C=O) groups excluding carboxylic acids is 1. The topological polar surface area (TPSA) is 54.0 Å². The summed E-state index contributed by atoms with van der Waals surface area (Å²) in [6, 6.07) is 7.98. The van der Waals surface area contributed by atoms with Gasteiger partial charge in [-0.25, -0.2) is 0 Å². The van der Waals surface area contributed by atoms with Crippen LogP contribution in [0.3, 0.4) is 0 Å². The minimum absolute atomic E-state index is 0.0583. The molecule has 2 N–H and O–H groups in total. The fraction of sp³-hybridized carbons (Fsp3) is 0.0667. The van der Waals surface area contributed by atoms with Crippen LogP contribution in [-0.4, -0.2) is 10.9 Å². The Kier molecular flexibility index (Phi) is 2.31. The minimum atomic E-state index is -0.0583. The molecule has 4 rings (SSSR count). The number of anilines is 1. The molecule has 98 valence electrons. The van der Waals surface area contributed by atoms with Gasteiger partial charge in [0.1, 0.15) is 4.88 Å². The first kappa shape index (κ1) is 11.4. The Bertz CT molecular complexity index is 895. The molecule has 2 aromatic heterocycles. The first-order chi connectivity index (χ1) is 9.74. The molecule has 0 aliphatic carbocycles. The number of nitrogens with zero attached hydrogens (tertiary/aromatic N) is 1. The number of allylic oxidation sites excluding steroid dienone is 1. The van der Waals surface area contributed by atoms with Gasteiger partial charge >= 0.3 is 0 Å². The van der Waals surface area contributed by atoms with Crippen LogP contribution in [0.5, 0.6) is 0 Å². The molecule has 0 spiro atoms. The highest BCUT2D eigenvalue weighted by Crippen LogP contribution is 2.40. The number of fused-ring (bicyclic) bond motifs is 5. The van der Waals surface area contributed by atoms with E-state index >= 15 is 0 Å². The quantitative estimate of drug-likeness (QED) is 0.663. The van der Waals surface area contributed by atoms with Crippen molar-refractivity contribution < 1.29 is 4.79 Å². The summed E-state index contributed by atoms with van der Waals surface area (Å²) in [5.41, 5.74) is 2.62. The molecule has 5 heteroatoms. The number of nitrogens with one attached hydrogen (secondary N) is 2. The Balaban J connectivity index is 2.14. The number of benzene rings is 1. The van der Waals surface area contributed by atoms with Crippen molar-refractivity contribution in [2.75, 3.05) is 5.32 Å². The number of pyridine rings is 1. The van der Waals surface area contributed by atoms with E-state index < -0.39 is 0 Å². The smallest absolute Gasteiger partial charge is 0.267 e. The van der Waals surface area contributed by atoms with Crippen molar-refractivity contribution in [2.24, 2.45) is 0 Å². The van der Waals surface area contributed by atoms with Crippen molar-refractivity contribution in [2.45, 2.75) is 6.92 Å². The van der Waals surface area contributed by atoms with E-state index in [1.165, 1.54) is 11.3 Å². The summed E-state index contributed by atoms with van der Waals surface area (Å²) in [5, 5.41) is 8.25. The molecule has 1 aliphatic rings. The first-order valence-electron chi connectivity index (χ1n) is 6.29. The third-order valence-corrected chi connectivity index (χ3v) is 4.54. The average molecular weight is 281 g/mol. The van der Waals surface area contributed by atoms with Crippen LogP contribution in [0, 0.1) is 0 Å². The standard InChI is InChI=1S/C15H11N3OS/c1-8-7-17-13-12-9-3-2-6-16-10(9)4-5-11(12)20-14(13)15(19)18-8/h2-7,17H,1H3,(H,18,19). The molecule has 0 fully saturated rings. The molecule has 4 nitrogen and oxygen atoms in total. The van der Waals surface area contributed by atoms with Crippen molar-refractivity contribution >= 4 is 43.9 Å². The predicted octanol–water partition coefficient (Wildman–Crippen LogP) is 3.47. The third-order valence-electron chi connectivity index (χ3n) is 3.39. The first-order valence-corrected chi connectivity index (χ1v) is 7.10. The number of hydrogen-bond donors (Lipinski definition) is 2. The van der Waals surface area contributed by atoms with E-state index in [1.807, 2.05) is 37.4 Å². The van der Waals surface area contributed by atoms with Gasteiger partial charge in [0.05, 0.1) is 11.2 Å². The Hall–Kier alpha value is -2.40. The van der Waals surface area contributed by atoms with E-state index in [0.29, 0.717) is 4.88 Å². The lowest BCUT2D eigenvalue weighted by Crippen LogP contribution is -2.18. The van der Waals surface area contributed by atoms with Crippen molar-refractivity contribution in [3.63, 3.8) is 0 Å². The fourth-order valence-corrected chi connectivity index (χ4v) is 3.58. The summed E-state index contributed by atoms with van der Waals surface area (Å²) >= 11 is 1.50. The summed E-state index contributed by atoms with van der Waals surface area (Å²) in [4.78, 5) is 17.3. The van der Waals surface area contributed by atoms with Gasteiger partial charge in [-0.2, -0.15) is 0 Å². The number of carbonyl (C=O) groups is 1. The van der Waals surface area contributed by atoms with E-state index in [0.717, 1.165) is 32.4 Å². The fourth-order valence-electron chi connectivity index (χ4n) is 2.50. The van der Waals surface area contributed by atoms with Crippen molar-refractivity contribution in [1.82, 2.24) is 10.3 Å². The minimum Gasteiger partial charge on any atom is -0.358 e. The van der Waals surface area contributed by atoms with Gasteiger partial charge < -0.3 is 10.6 Å². The average Bonchev–Trinajstić information content (AvgIpc) is 2.78. The van der Waals surface area contributed by atoms with Crippen LogP contribution < -0.4 is 10.6 Å². The lowest BCUT2D eigenvalue weighted by atomic mass is 10.1. The third kappa shape index (κ3) is 1.53. The van der Waals surface area contributed by atoms with Gasteiger partial charge in [-0.15, -0.1) is 11.3 Å². The molecule has 3 aromatic rings. The Morgan fingerprint density at radius 2 is 2.15 bits per heavy atom. The van der Waals surface area contributed by atoms with Crippen molar-refractivity contribution in [3.8, 4) is 0 Å². The zero-order valence-electron chi connectivity index (χ0n) is 10.7. The molecule has 3 heterocycles. The second kappa shape index (κ2) is 4.05. The second-order valence-corrected chi connectivity index (χ2v) is 5.79. The predicted molar refractivity (Wildman–Crippen MR) is 82.0 cm³/mol. The molecule has 20 heavy (non-hydrogen) atoms. The largest absolute Gasteiger partial charge is 0.358 e. The van der Waals surface area contributed by atoms with E-state index in [9.17, 15) is 4.79 Å². The molecule has 0 saturated carbocycles. The highest BCUT2D eigenvalue weighted by Gasteiger charge is 2.21. The van der Waals surface area contributed by atoms with Crippen molar-refractivity contribution in [3.05, 3.63) is 47.2 Å². The van der Waals surface area contributed by atoms with E-state index in [-0.39, 0.29) is 5.91 Å². The van der Waals surface area contributed by atoms with Gasteiger partial charge in [-0.1, -0.05) is 6.07 Å². The monoisotopic (exact) mass is 281 g/mol. The zero-order valence-corrected chi connectivity index (χ0v) is 11.5. The van der Waals surface area contributed by atoms with Gasteiger partial charge in [-0.3, -0.25) is 9.78 Å². The second-order valence-electron chi connectivity index (χ2n) is 4.74. The molecule has 0 atom stereocenters. The Morgan fingerprint density at radius 3 is 3.05 bits per heavy atom. The number of aromatic nitrogens is 1. The highest BCUT2D eigenvalue weighted by molar-refractivity contribution is 7.21. The maximum absolute atomic E-state index is 12.2. The normalized spacial score (nSPS) is 14.4. The Labute approximate surface area is 119 Å². The lowest BCUT2D eigenvalue weighted by Gasteiger charge is -2.03. The van der Waals surface area contributed by atoms with Gasteiger partial charge in [0.15, 0.2) is 0 Å². The molecular weight excluding hydrogens is 270 g/mol. The van der Waals surface area contributed by atoms with E-state index in [2.05, 4.69) is 15.6 Å². The van der Waals surface area contributed by atoms with Crippen LogP contribution in [0.2, 0.25) is 0 Å². The molecule has 1 aliphatic heterocycles. The number of amides is 1. The van der Waals surface area contributed by atoms with E-state index in [4.69, 9.17) is 0 Å². The number of hydrogen-bond acceptors (Lipinski definition) is 4. The summed E-state index contributed by atoms with van der Waals surface area (Å²) in [6.45, 7) is 1.86. The van der Waals surface area contributed by atoms with Crippen LogP contribution in [-0.2, 0) is 0 Å². The molecule has 0 saturated heterocycles. The maximum atomic E-state index is 12.2. The van der Waals surface area contributed by atoms with E-state index in [1.54, 1.807) is 6.20 Å². The molecule has 0 unspecified atom stereocenters. The number of thiophene rings is 1. The molecule has 1 amide bonds. The van der Waals surface area contributed by atoms with Crippen LogP contribution >= 0.6 is 11.3 Å². The van der Waals surface area contributed by atoms with Crippen LogP contribution in [0.1, 0.15) is 16.6 Å². The maximum Gasteiger partial charge on any atom is 0.267 e. The van der Waals surface area contributed by atoms with Crippen LogP contribution in [0.4, 0.5) is 5.69 Å². The summed E-state index contributed by atoms with van der Waals surface area (Å²) in [5.74, 6) is -0.0583. The lowest BCUT2D eigenvalue weighted by molar-refractivity contribution is 0.0971. The summed E-state index contributed by atoms with van der Waals surface area (Å²) in [6.07, 6.45) is 3.61. The summed E-state index contributed by atoms with van der Waals surface area (Å²) < 4.78 is 1.09. The van der Waals surface area contributed by atoms with Crippen molar-refractivity contribution in [1.29, 1.82) is 0 Å². The van der Waals surface area contributed by atoms with Crippen LogP contribution in [0.25, 0.3) is 21.0 Å². The van der Waals surface area contributed by atoms with Gasteiger partial charge in [0, 0.05) is 33.6 Å². The van der Waals surface area contributed by atoms with Gasteiger partial charge in [-0.05, 0) is 25.1 Å². The number of rotatable bonds is 0.